The molecule has 2 saturated carbocycles. The highest BCUT2D eigenvalue weighted by molar-refractivity contribution is 6.01. The topological polar surface area (TPSA) is 17.1 Å². The van der Waals surface area contributed by atoms with Crippen molar-refractivity contribution in [2.45, 2.75) is 26.7 Å². The minimum Gasteiger partial charge on any atom is -0.294 e. The molecule has 2 aliphatic carbocycles. The van der Waals surface area contributed by atoms with E-state index >= 15 is 0 Å². The standard InChI is InChI=1S/C10H14O/c1-6-7-4-5-8(9(6)11)10(7,2)3/h7-8H,1,4-5H2,2-3H3. The van der Waals surface area contributed by atoms with E-state index in [1.165, 1.54) is 6.42 Å². The van der Waals surface area contributed by atoms with Gasteiger partial charge in [0.25, 0.3) is 0 Å². The van der Waals surface area contributed by atoms with Crippen LogP contribution in [0.4, 0.5) is 0 Å². The summed E-state index contributed by atoms with van der Waals surface area (Å²) in [4.78, 5) is 11.5. The fourth-order valence-corrected chi connectivity index (χ4v) is 2.81. The Morgan fingerprint density at radius 1 is 1.36 bits per heavy atom. The molecule has 0 aromatic rings. The zero-order valence-corrected chi connectivity index (χ0v) is 7.18. The van der Waals surface area contributed by atoms with Gasteiger partial charge in [-0.1, -0.05) is 20.4 Å². The summed E-state index contributed by atoms with van der Waals surface area (Å²) in [6, 6.07) is 0. The van der Waals surface area contributed by atoms with Crippen LogP contribution in [0.1, 0.15) is 26.7 Å². The summed E-state index contributed by atoms with van der Waals surface area (Å²) < 4.78 is 0. The van der Waals surface area contributed by atoms with Crippen LogP contribution in [0.5, 0.6) is 0 Å². The number of hydrogen-bond acceptors (Lipinski definition) is 1. The second-order valence-electron chi connectivity index (χ2n) is 4.39. The van der Waals surface area contributed by atoms with Crippen LogP contribution in [0.15, 0.2) is 12.2 Å². The summed E-state index contributed by atoms with van der Waals surface area (Å²) in [7, 11) is 0. The molecule has 0 heterocycles. The van der Waals surface area contributed by atoms with Crippen molar-refractivity contribution < 1.29 is 4.79 Å². The monoisotopic (exact) mass is 150 g/mol. The molecular weight excluding hydrogens is 136 g/mol. The van der Waals surface area contributed by atoms with Crippen molar-refractivity contribution in [3.63, 3.8) is 0 Å². The van der Waals surface area contributed by atoms with Crippen molar-refractivity contribution in [3.05, 3.63) is 12.2 Å². The van der Waals surface area contributed by atoms with Crippen molar-refractivity contribution in [2.75, 3.05) is 0 Å². The molecule has 2 bridgehead atoms. The van der Waals surface area contributed by atoms with Gasteiger partial charge in [-0.25, -0.2) is 0 Å². The molecule has 0 aromatic heterocycles. The van der Waals surface area contributed by atoms with Gasteiger partial charge in [0.05, 0.1) is 0 Å². The second kappa shape index (κ2) is 1.77. The van der Waals surface area contributed by atoms with Crippen LogP contribution < -0.4 is 0 Å². The third-order valence-corrected chi connectivity index (χ3v) is 3.59. The van der Waals surface area contributed by atoms with Gasteiger partial charge < -0.3 is 0 Å². The average Bonchev–Trinajstić information content (AvgIpc) is 2.27. The van der Waals surface area contributed by atoms with Gasteiger partial charge >= 0.3 is 0 Å². The van der Waals surface area contributed by atoms with E-state index in [1.54, 1.807) is 0 Å². The maximum atomic E-state index is 11.5. The SMILES string of the molecule is C=C1C(=O)C2CCC1C2(C)C. The molecular formula is C10H14O. The first-order chi connectivity index (χ1) is 5.05. The number of hydrogen-bond donors (Lipinski definition) is 0. The Hall–Kier alpha value is -0.590. The fourth-order valence-electron chi connectivity index (χ4n) is 2.81. The molecule has 2 rings (SSSR count). The Kier molecular flexibility index (Phi) is 1.14. The van der Waals surface area contributed by atoms with E-state index in [-0.39, 0.29) is 5.41 Å². The molecule has 2 fully saturated rings. The molecule has 0 N–H and O–H groups in total. The summed E-state index contributed by atoms with van der Waals surface area (Å²) >= 11 is 0. The fraction of sp³-hybridized carbons (Fsp3) is 0.700. The lowest BCUT2D eigenvalue weighted by Crippen LogP contribution is -2.19. The quantitative estimate of drug-likeness (QED) is 0.484. The van der Waals surface area contributed by atoms with Gasteiger partial charge in [-0.2, -0.15) is 0 Å². The third kappa shape index (κ3) is 0.640. The Bertz CT molecular complexity index is 213. The first kappa shape index (κ1) is 7.08. The van der Waals surface area contributed by atoms with Gasteiger partial charge in [-0.05, 0) is 29.7 Å². The molecule has 0 saturated heterocycles. The normalized spacial score (nSPS) is 40.2. The van der Waals surface area contributed by atoms with Crippen LogP contribution >= 0.6 is 0 Å². The Labute approximate surface area is 67.5 Å². The molecule has 0 radical (unpaired) electrons. The summed E-state index contributed by atoms with van der Waals surface area (Å²) in [5.41, 5.74) is 1.11. The Balaban J connectivity index is 2.46. The number of fused-ring (bicyclic) bond motifs is 2. The van der Waals surface area contributed by atoms with Crippen molar-refractivity contribution in [3.8, 4) is 0 Å². The predicted octanol–water partition coefficient (Wildman–Crippen LogP) is 2.18. The molecule has 0 aliphatic heterocycles. The number of ketones is 1. The smallest absolute Gasteiger partial charge is 0.162 e. The van der Waals surface area contributed by atoms with Crippen LogP contribution in [0, 0.1) is 17.3 Å². The molecule has 1 heteroatoms. The Morgan fingerprint density at radius 2 is 1.91 bits per heavy atom. The molecule has 0 spiro atoms. The highest BCUT2D eigenvalue weighted by Crippen LogP contribution is 2.57. The lowest BCUT2D eigenvalue weighted by Gasteiger charge is -2.21. The number of carbonyl (C=O) groups excluding carboxylic acids is 1. The van der Waals surface area contributed by atoms with Gasteiger partial charge in [0, 0.05) is 5.92 Å². The molecule has 2 atom stereocenters. The summed E-state index contributed by atoms with van der Waals surface area (Å²) in [6.07, 6.45) is 2.28. The van der Waals surface area contributed by atoms with Crippen LogP contribution in [-0.2, 0) is 4.79 Å². The lowest BCUT2D eigenvalue weighted by molar-refractivity contribution is -0.119. The molecule has 2 aliphatic rings. The van der Waals surface area contributed by atoms with E-state index in [9.17, 15) is 4.79 Å². The molecule has 2 unspecified atom stereocenters. The van der Waals surface area contributed by atoms with E-state index in [2.05, 4.69) is 20.4 Å². The largest absolute Gasteiger partial charge is 0.294 e. The molecule has 60 valence electrons. The molecule has 0 amide bonds. The highest BCUT2D eigenvalue weighted by atomic mass is 16.1. The first-order valence-corrected chi connectivity index (χ1v) is 4.28. The van der Waals surface area contributed by atoms with Gasteiger partial charge in [-0.15, -0.1) is 0 Å². The van der Waals surface area contributed by atoms with Gasteiger partial charge in [0.1, 0.15) is 0 Å². The van der Waals surface area contributed by atoms with E-state index in [4.69, 9.17) is 0 Å². The zero-order valence-electron chi connectivity index (χ0n) is 7.18. The van der Waals surface area contributed by atoms with Crippen molar-refractivity contribution >= 4 is 5.78 Å². The van der Waals surface area contributed by atoms with Gasteiger partial charge in [-0.3, -0.25) is 4.79 Å². The summed E-state index contributed by atoms with van der Waals surface area (Å²) in [5, 5.41) is 0. The molecule has 11 heavy (non-hydrogen) atoms. The zero-order chi connectivity index (χ0) is 8.22. The Morgan fingerprint density at radius 3 is 2.18 bits per heavy atom. The van der Waals surface area contributed by atoms with Gasteiger partial charge in [0.15, 0.2) is 5.78 Å². The number of allylic oxidation sites excluding steroid dienone is 1. The number of Topliss-reactive ketones (excluding diaryl/α,β-unsaturated/α-hetero) is 1. The van der Waals surface area contributed by atoms with Crippen LogP contribution in [-0.4, -0.2) is 5.78 Å². The van der Waals surface area contributed by atoms with E-state index in [1.807, 2.05) is 0 Å². The van der Waals surface area contributed by atoms with Crippen LogP contribution in [0.3, 0.4) is 0 Å². The number of rotatable bonds is 0. The van der Waals surface area contributed by atoms with Crippen molar-refractivity contribution in [1.29, 1.82) is 0 Å². The average molecular weight is 150 g/mol. The van der Waals surface area contributed by atoms with Crippen molar-refractivity contribution in [2.24, 2.45) is 17.3 Å². The second-order valence-corrected chi connectivity index (χ2v) is 4.39. The predicted molar refractivity (Wildman–Crippen MR) is 44.1 cm³/mol. The van der Waals surface area contributed by atoms with E-state index in [0.717, 1.165) is 12.0 Å². The molecule has 0 aromatic carbocycles. The summed E-state index contributed by atoms with van der Waals surface area (Å²) in [6.45, 7) is 8.26. The minimum absolute atomic E-state index is 0.216. The van der Waals surface area contributed by atoms with Crippen LogP contribution in [0.25, 0.3) is 0 Å². The van der Waals surface area contributed by atoms with Crippen molar-refractivity contribution in [1.82, 2.24) is 0 Å². The van der Waals surface area contributed by atoms with Crippen LogP contribution in [0.2, 0.25) is 0 Å². The molecule has 1 nitrogen and oxygen atoms in total. The number of carbonyl (C=O) groups is 1. The van der Waals surface area contributed by atoms with E-state index in [0.29, 0.717) is 17.6 Å². The van der Waals surface area contributed by atoms with Gasteiger partial charge in [0.2, 0.25) is 0 Å². The maximum Gasteiger partial charge on any atom is 0.162 e. The first-order valence-electron chi connectivity index (χ1n) is 4.28. The lowest BCUT2D eigenvalue weighted by atomic mass is 9.82. The summed E-state index contributed by atoms with van der Waals surface area (Å²) in [5.74, 6) is 1.12. The van der Waals surface area contributed by atoms with E-state index < -0.39 is 0 Å². The highest BCUT2D eigenvalue weighted by Gasteiger charge is 2.55. The third-order valence-electron chi connectivity index (χ3n) is 3.59. The maximum absolute atomic E-state index is 11.5. The minimum atomic E-state index is 0.216.